The van der Waals surface area contributed by atoms with Crippen LogP contribution in [0.5, 0.6) is 11.5 Å². The van der Waals surface area contributed by atoms with E-state index in [0.29, 0.717) is 37.0 Å². The van der Waals surface area contributed by atoms with Crippen LogP contribution in [0.4, 0.5) is 0 Å². The third kappa shape index (κ3) is 4.06. The number of hydrogen-bond acceptors (Lipinski definition) is 7. The highest BCUT2D eigenvalue weighted by molar-refractivity contribution is 6.32. The molecule has 31 heavy (non-hydrogen) atoms. The minimum absolute atomic E-state index is 0.0301. The lowest BCUT2D eigenvalue weighted by Gasteiger charge is -2.40. The van der Waals surface area contributed by atoms with Gasteiger partial charge in [-0.05, 0) is 43.9 Å². The predicted molar refractivity (Wildman–Crippen MR) is 111 cm³/mol. The molecule has 0 fully saturated rings. The van der Waals surface area contributed by atoms with Gasteiger partial charge in [0.15, 0.2) is 17.3 Å². The summed E-state index contributed by atoms with van der Waals surface area (Å²) in [4.78, 5) is 36.7. The molecule has 8 heteroatoms. The molecule has 0 saturated carbocycles. The molecule has 0 saturated heterocycles. The molecule has 0 radical (unpaired) electrons. The molecule has 2 aliphatic carbocycles. The van der Waals surface area contributed by atoms with Crippen LogP contribution >= 0.6 is 11.6 Å². The lowest BCUT2D eigenvalue weighted by molar-refractivity contribution is -0.307. The van der Waals surface area contributed by atoms with Crippen molar-refractivity contribution in [2.45, 2.75) is 44.9 Å². The van der Waals surface area contributed by atoms with E-state index in [-0.39, 0.29) is 28.1 Å². The molecule has 2 unspecified atom stereocenters. The van der Waals surface area contributed by atoms with Crippen molar-refractivity contribution in [3.63, 3.8) is 0 Å². The second-order valence-electron chi connectivity index (χ2n) is 7.84. The molecule has 3 aliphatic rings. The van der Waals surface area contributed by atoms with E-state index in [4.69, 9.17) is 21.1 Å². The van der Waals surface area contributed by atoms with Gasteiger partial charge in [0.2, 0.25) is 0 Å². The van der Waals surface area contributed by atoms with E-state index in [1.165, 1.54) is 0 Å². The number of aliphatic carboxylic acids is 1. The van der Waals surface area contributed by atoms with Crippen molar-refractivity contribution in [2.24, 2.45) is 5.92 Å². The summed E-state index contributed by atoms with van der Waals surface area (Å²) in [5.41, 5.74) is 3.00. The van der Waals surface area contributed by atoms with Gasteiger partial charge in [-0.15, -0.1) is 0 Å². The van der Waals surface area contributed by atoms with Gasteiger partial charge in [-0.25, -0.2) is 0 Å². The van der Waals surface area contributed by atoms with E-state index in [1.54, 1.807) is 19.1 Å². The second-order valence-corrected chi connectivity index (χ2v) is 8.24. The molecular weight excluding hydrogens is 422 g/mol. The number of carboxylic acids is 1. The van der Waals surface area contributed by atoms with Crippen LogP contribution in [0.1, 0.15) is 50.5 Å². The lowest BCUT2D eigenvalue weighted by Crippen LogP contribution is -2.42. The Balaban J connectivity index is 1.85. The lowest BCUT2D eigenvalue weighted by atomic mass is 9.68. The number of allylic oxidation sites excluding steroid dienone is 4. The van der Waals surface area contributed by atoms with E-state index in [0.717, 1.165) is 24.2 Å². The SMILES string of the molecule is CCOc1cc(C2C3=C(CCCC3=O)NC3=CCCC(=O)C32)cc(Cl)c1OCC(=O)[O-]. The van der Waals surface area contributed by atoms with Crippen LogP contribution in [0.2, 0.25) is 5.02 Å². The Labute approximate surface area is 185 Å². The van der Waals surface area contributed by atoms with Crippen LogP contribution in [-0.2, 0) is 14.4 Å². The van der Waals surface area contributed by atoms with Gasteiger partial charge in [-0.3, -0.25) is 9.59 Å². The number of halogens is 1. The standard InChI is InChI=1S/C23H24ClNO6/c1-2-30-18-10-12(9-13(24)23(18)31-11-19(28)29)20-21-14(5-3-7-16(21)26)25-15-6-4-8-17(27)22(15)20/h5,9-10,20-21,25H,2-4,6-8,11H2,1H3,(H,28,29)/p-1. The first-order chi connectivity index (χ1) is 14.9. The smallest absolute Gasteiger partial charge is 0.180 e. The van der Waals surface area contributed by atoms with Crippen molar-refractivity contribution in [3.8, 4) is 11.5 Å². The number of ketones is 2. The summed E-state index contributed by atoms with van der Waals surface area (Å²) in [7, 11) is 0. The minimum Gasteiger partial charge on any atom is -0.546 e. The Morgan fingerprint density at radius 3 is 2.74 bits per heavy atom. The minimum atomic E-state index is -1.38. The van der Waals surface area contributed by atoms with Crippen LogP contribution in [0.15, 0.2) is 35.2 Å². The average Bonchev–Trinajstić information content (AvgIpc) is 2.72. The van der Waals surface area contributed by atoms with Gasteiger partial charge in [-0.2, -0.15) is 0 Å². The summed E-state index contributed by atoms with van der Waals surface area (Å²) in [6.45, 7) is 1.41. The van der Waals surface area contributed by atoms with Gasteiger partial charge in [0.1, 0.15) is 12.4 Å². The summed E-state index contributed by atoms with van der Waals surface area (Å²) in [5.74, 6) is -1.88. The molecule has 1 aliphatic heterocycles. The van der Waals surface area contributed by atoms with E-state index in [9.17, 15) is 19.5 Å². The van der Waals surface area contributed by atoms with Crippen LogP contribution in [-0.4, -0.2) is 30.7 Å². The number of benzene rings is 1. The first kappa shape index (κ1) is 21.4. The number of nitrogens with one attached hydrogen (secondary N) is 1. The number of ether oxygens (including phenoxy) is 2. The first-order valence-electron chi connectivity index (χ1n) is 10.5. The molecule has 164 valence electrons. The third-order valence-corrected chi connectivity index (χ3v) is 6.14. The maximum atomic E-state index is 13.0. The summed E-state index contributed by atoms with van der Waals surface area (Å²) in [6.07, 6.45) is 5.07. The van der Waals surface area contributed by atoms with Gasteiger partial charge < -0.3 is 24.7 Å². The van der Waals surface area contributed by atoms with E-state index < -0.39 is 24.4 Å². The van der Waals surface area contributed by atoms with E-state index >= 15 is 0 Å². The number of carbonyl (C=O) groups excluding carboxylic acids is 3. The van der Waals surface area contributed by atoms with Crippen molar-refractivity contribution in [3.05, 3.63) is 45.8 Å². The Kier molecular flexibility index (Phi) is 6.05. The first-order valence-corrected chi connectivity index (χ1v) is 10.8. The van der Waals surface area contributed by atoms with Gasteiger partial charge >= 0.3 is 0 Å². The molecule has 1 heterocycles. The second kappa shape index (κ2) is 8.75. The monoisotopic (exact) mass is 444 g/mol. The number of rotatable bonds is 6. The van der Waals surface area contributed by atoms with Crippen molar-refractivity contribution in [2.75, 3.05) is 13.2 Å². The summed E-state index contributed by atoms with van der Waals surface area (Å²) < 4.78 is 11.0. The number of Topliss-reactive ketones (excluding diaryl/α,β-unsaturated/α-hetero) is 2. The predicted octanol–water partition coefficient (Wildman–Crippen LogP) is 2.42. The van der Waals surface area contributed by atoms with Crippen LogP contribution in [0.25, 0.3) is 0 Å². The summed E-state index contributed by atoms with van der Waals surface area (Å²) >= 11 is 6.46. The molecule has 2 atom stereocenters. The summed E-state index contributed by atoms with van der Waals surface area (Å²) in [6, 6.07) is 3.33. The maximum absolute atomic E-state index is 13.0. The molecule has 0 aromatic heterocycles. The highest BCUT2D eigenvalue weighted by Crippen LogP contribution is 2.49. The molecule has 0 spiro atoms. The fourth-order valence-corrected chi connectivity index (χ4v) is 4.95. The Morgan fingerprint density at radius 1 is 1.19 bits per heavy atom. The fraction of sp³-hybridized carbons (Fsp3) is 0.435. The summed E-state index contributed by atoms with van der Waals surface area (Å²) in [5, 5.41) is 14.3. The number of carbonyl (C=O) groups is 3. The Morgan fingerprint density at radius 2 is 2.00 bits per heavy atom. The molecule has 4 rings (SSSR count). The van der Waals surface area contributed by atoms with Crippen molar-refractivity contribution in [1.29, 1.82) is 0 Å². The number of hydrogen-bond donors (Lipinski definition) is 1. The number of carboxylic acid groups (broad SMARTS) is 1. The van der Waals surface area contributed by atoms with E-state index in [1.807, 2.05) is 6.08 Å². The van der Waals surface area contributed by atoms with Gasteiger partial charge in [0.25, 0.3) is 0 Å². The molecule has 1 aromatic carbocycles. The molecule has 1 aromatic rings. The quantitative estimate of drug-likeness (QED) is 0.718. The molecule has 0 bridgehead atoms. The van der Waals surface area contributed by atoms with Gasteiger partial charge in [0, 0.05) is 35.7 Å². The van der Waals surface area contributed by atoms with Crippen LogP contribution < -0.4 is 19.9 Å². The zero-order valence-corrected chi connectivity index (χ0v) is 17.9. The molecule has 0 amide bonds. The fourth-order valence-electron chi connectivity index (χ4n) is 4.68. The van der Waals surface area contributed by atoms with Crippen molar-refractivity contribution < 1.29 is 29.0 Å². The molecule has 1 N–H and O–H groups in total. The topological polar surface area (TPSA) is 105 Å². The maximum Gasteiger partial charge on any atom is 0.180 e. The average molecular weight is 445 g/mol. The zero-order chi connectivity index (χ0) is 22.1. The zero-order valence-electron chi connectivity index (χ0n) is 17.2. The number of fused-ring (bicyclic) bond motifs is 1. The Hall–Kier alpha value is -2.80. The van der Waals surface area contributed by atoms with Gasteiger partial charge in [0.05, 0.1) is 23.5 Å². The van der Waals surface area contributed by atoms with Crippen molar-refractivity contribution >= 4 is 29.1 Å². The molecular formula is C23H23ClNO6-. The Bertz CT molecular complexity index is 1010. The molecule has 7 nitrogen and oxygen atoms in total. The highest BCUT2D eigenvalue weighted by atomic mass is 35.5. The largest absolute Gasteiger partial charge is 0.546 e. The van der Waals surface area contributed by atoms with E-state index in [2.05, 4.69) is 5.32 Å². The third-order valence-electron chi connectivity index (χ3n) is 5.86. The van der Waals surface area contributed by atoms with Crippen LogP contribution in [0, 0.1) is 5.92 Å². The van der Waals surface area contributed by atoms with Crippen LogP contribution in [0.3, 0.4) is 0 Å². The normalized spacial score (nSPS) is 22.8. The van der Waals surface area contributed by atoms with Crippen molar-refractivity contribution in [1.82, 2.24) is 5.32 Å². The highest BCUT2D eigenvalue weighted by Gasteiger charge is 2.44. The van der Waals surface area contributed by atoms with Gasteiger partial charge in [-0.1, -0.05) is 17.7 Å².